The number of allylic oxidation sites excluding steroid dienone is 1. The molecule has 0 aromatic heterocycles. The van der Waals surface area contributed by atoms with E-state index in [1.807, 2.05) is 6.08 Å². The maximum Gasteiger partial charge on any atom is 0.433 e. The van der Waals surface area contributed by atoms with Crippen molar-refractivity contribution < 1.29 is 14.7 Å². The van der Waals surface area contributed by atoms with Crippen molar-refractivity contribution in [3.63, 3.8) is 0 Å². The van der Waals surface area contributed by atoms with Crippen LogP contribution in [0.3, 0.4) is 0 Å². The van der Waals surface area contributed by atoms with Gasteiger partial charge in [-0.25, -0.2) is 4.79 Å². The van der Waals surface area contributed by atoms with Gasteiger partial charge in [0.2, 0.25) is 5.91 Å². The molecule has 2 amide bonds. The Hall–Kier alpha value is -1.30. The van der Waals surface area contributed by atoms with Gasteiger partial charge >= 0.3 is 6.09 Å². The molecule has 0 aliphatic heterocycles. The van der Waals surface area contributed by atoms with Crippen molar-refractivity contribution in [1.29, 1.82) is 0 Å². The zero-order valence-corrected chi connectivity index (χ0v) is 12.2. The summed E-state index contributed by atoms with van der Waals surface area (Å²) >= 11 is 1.11. The molecule has 0 aromatic rings. The van der Waals surface area contributed by atoms with Crippen LogP contribution in [0, 0.1) is 0 Å². The number of hydrogen-bond donors (Lipinski definition) is 2. The first-order chi connectivity index (χ1) is 9.10. The van der Waals surface area contributed by atoms with Crippen molar-refractivity contribution in [2.75, 3.05) is 6.26 Å². The number of aliphatic imine (C=N–C) groups is 1. The van der Waals surface area contributed by atoms with E-state index in [0.717, 1.165) is 50.3 Å². The predicted octanol–water partition coefficient (Wildman–Crippen LogP) is 3.42. The summed E-state index contributed by atoms with van der Waals surface area (Å²) in [7, 11) is 0. The minimum absolute atomic E-state index is 0.128. The third kappa shape index (κ3) is 11.5. The Morgan fingerprint density at radius 1 is 1.26 bits per heavy atom. The number of rotatable bonds is 8. The molecule has 0 aromatic carbocycles. The molecule has 108 valence electrons. The molecule has 0 bridgehead atoms. The smallest absolute Gasteiger partial charge is 0.433 e. The van der Waals surface area contributed by atoms with E-state index in [2.05, 4.69) is 16.9 Å². The Morgan fingerprint density at radius 2 is 1.89 bits per heavy atom. The van der Waals surface area contributed by atoms with Crippen molar-refractivity contribution in [1.82, 2.24) is 5.32 Å². The number of nitrogens with one attached hydrogen (secondary N) is 1. The molecule has 19 heavy (non-hydrogen) atoms. The third-order valence-corrected chi connectivity index (χ3v) is 3.03. The zero-order chi connectivity index (χ0) is 14.5. The molecule has 0 aliphatic rings. The molecule has 0 saturated carbocycles. The summed E-state index contributed by atoms with van der Waals surface area (Å²) in [6, 6.07) is 0. The van der Waals surface area contributed by atoms with E-state index >= 15 is 0 Å². The summed E-state index contributed by atoms with van der Waals surface area (Å²) in [4.78, 5) is 25.2. The first-order valence-electron chi connectivity index (χ1n) is 6.36. The Bertz CT molecular complexity index is 330. The van der Waals surface area contributed by atoms with Crippen molar-refractivity contribution in [3.05, 3.63) is 12.7 Å². The summed E-state index contributed by atoms with van der Waals surface area (Å²) in [5, 5.41) is 11.1. The van der Waals surface area contributed by atoms with Gasteiger partial charge in [-0.3, -0.25) is 4.79 Å². The van der Waals surface area contributed by atoms with E-state index in [1.54, 1.807) is 6.26 Å². The van der Waals surface area contributed by atoms with Gasteiger partial charge in [-0.05, 0) is 25.5 Å². The van der Waals surface area contributed by atoms with E-state index in [-0.39, 0.29) is 11.1 Å². The number of hydrogen-bond acceptors (Lipinski definition) is 3. The van der Waals surface area contributed by atoms with Crippen molar-refractivity contribution in [3.8, 4) is 0 Å². The van der Waals surface area contributed by atoms with Crippen molar-refractivity contribution >= 4 is 28.9 Å². The Kier molecular flexibility index (Phi) is 11.0. The summed E-state index contributed by atoms with van der Waals surface area (Å²) in [5.41, 5.74) is 0. The average molecular weight is 286 g/mol. The normalized spacial score (nSPS) is 11.1. The van der Waals surface area contributed by atoms with Gasteiger partial charge in [0.1, 0.15) is 0 Å². The van der Waals surface area contributed by atoms with Crippen LogP contribution in [0.25, 0.3) is 0 Å². The van der Waals surface area contributed by atoms with Crippen LogP contribution in [0.5, 0.6) is 0 Å². The van der Waals surface area contributed by atoms with Gasteiger partial charge in [0.15, 0.2) is 5.17 Å². The van der Waals surface area contributed by atoms with Gasteiger partial charge in [-0.15, -0.1) is 6.58 Å². The molecule has 6 heteroatoms. The highest BCUT2D eigenvalue weighted by Crippen LogP contribution is 2.07. The topological polar surface area (TPSA) is 78.8 Å². The maximum absolute atomic E-state index is 11.5. The number of unbranched alkanes of at least 4 members (excludes halogenated alkanes) is 5. The van der Waals surface area contributed by atoms with E-state index in [0.29, 0.717) is 6.42 Å². The lowest BCUT2D eigenvalue weighted by atomic mass is 10.1. The van der Waals surface area contributed by atoms with Gasteiger partial charge in [0, 0.05) is 6.42 Å². The molecular weight excluding hydrogens is 264 g/mol. The molecule has 2 N–H and O–H groups in total. The summed E-state index contributed by atoms with van der Waals surface area (Å²) < 4.78 is 0. The second kappa shape index (κ2) is 11.8. The van der Waals surface area contributed by atoms with Gasteiger partial charge < -0.3 is 10.4 Å². The zero-order valence-electron chi connectivity index (χ0n) is 11.4. The fourth-order valence-corrected chi connectivity index (χ4v) is 1.88. The molecule has 0 rings (SSSR count). The van der Waals surface area contributed by atoms with Crippen LogP contribution in [0.2, 0.25) is 0 Å². The van der Waals surface area contributed by atoms with Crippen LogP contribution >= 0.6 is 11.8 Å². The van der Waals surface area contributed by atoms with Crippen LogP contribution < -0.4 is 5.32 Å². The molecule has 0 unspecified atom stereocenters. The fourth-order valence-electron chi connectivity index (χ4n) is 1.50. The number of carbonyl (C=O) groups is 2. The minimum atomic E-state index is -1.30. The lowest BCUT2D eigenvalue weighted by Crippen LogP contribution is -2.28. The largest absolute Gasteiger partial charge is 0.463 e. The molecule has 0 atom stereocenters. The van der Waals surface area contributed by atoms with Crippen LogP contribution in [0.4, 0.5) is 4.79 Å². The van der Waals surface area contributed by atoms with Crippen molar-refractivity contribution in [2.45, 2.75) is 44.9 Å². The Balaban J connectivity index is 3.69. The van der Waals surface area contributed by atoms with E-state index in [1.165, 1.54) is 0 Å². The van der Waals surface area contributed by atoms with Gasteiger partial charge in [0.25, 0.3) is 0 Å². The molecule has 0 fully saturated rings. The quantitative estimate of drug-likeness (QED) is 0.310. The number of thioether (sulfide) groups is 1. The lowest BCUT2D eigenvalue weighted by molar-refractivity contribution is -0.119. The maximum atomic E-state index is 11.5. The van der Waals surface area contributed by atoms with Gasteiger partial charge in [-0.1, -0.05) is 37.1 Å². The van der Waals surface area contributed by atoms with Crippen LogP contribution in [0.15, 0.2) is 17.6 Å². The molecular formula is C13H22N2O3S. The fraction of sp³-hybridized carbons (Fsp3) is 0.615. The molecule has 0 heterocycles. The molecule has 5 nitrogen and oxygen atoms in total. The lowest BCUT2D eigenvalue weighted by Gasteiger charge is -2.05. The first-order valence-corrected chi connectivity index (χ1v) is 7.59. The summed E-state index contributed by atoms with van der Waals surface area (Å²) in [5.74, 6) is -0.180. The summed E-state index contributed by atoms with van der Waals surface area (Å²) in [6.45, 7) is 3.67. The standard InChI is InChI=1S/C13H22N2O3S/c1-3-4-5-6-7-8-9-10-11(16)14-12(19-2)15-13(17)18/h3H,1,4-10H2,2H3,(H,17,18)(H,14,15,16). The van der Waals surface area contributed by atoms with E-state index < -0.39 is 6.09 Å². The van der Waals surface area contributed by atoms with E-state index in [4.69, 9.17) is 5.11 Å². The highest BCUT2D eigenvalue weighted by atomic mass is 32.2. The second-order valence-electron chi connectivity index (χ2n) is 4.05. The third-order valence-electron chi connectivity index (χ3n) is 2.45. The van der Waals surface area contributed by atoms with Crippen LogP contribution in [0.1, 0.15) is 44.9 Å². The van der Waals surface area contributed by atoms with Gasteiger partial charge in [-0.2, -0.15) is 4.99 Å². The van der Waals surface area contributed by atoms with Crippen LogP contribution in [-0.4, -0.2) is 28.5 Å². The SMILES string of the molecule is C=CCCCCCCCC(=O)NC(=NC(=O)O)SC. The second-order valence-corrected chi connectivity index (χ2v) is 4.84. The summed E-state index contributed by atoms with van der Waals surface area (Å²) in [6.07, 6.45) is 8.97. The van der Waals surface area contributed by atoms with Crippen LogP contribution in [-0.2, 0) is 4.79 Å². The number of nitrogens with zero attached hydrogens (tertiary/aromatic N) is 1. The molecule has 0 aliphatic carbocycles. The highest BCUT2D eigenvalue weighted by molar-refractivity contribution is 8.13. The predicted molar refractivity (Wildman–Crippen MR) is 79.6 cm³/mol. The average Bonchev–Trinajstić information content (AvgIpc) is 2.36. The monoisotopic (exact) mass is 286 g/mol. The van der Waals surface area contributed by atoms with Gasteiger partial charge in [0.05, 0.1) is 0 Å². The first kappa shape index (κ1) is 17.7. The number of carboxylic acid groups (broad SMARTS) is 1. The number of carbonyl (C=O) groups excluding carboxylic acids is 1. The van der Waals surface area contributed by atoms with E-state index in [9.17, 15) is 9.59 Å². The minimum Gasteiger partial charge on any atom is -0.463 e. The molecule has 0 spiro atoms. The number of amides is 2. The Morgan fingerprint density at radius 3 is 2.47 bits per heavy atom. The number of amidine groups is 1. The molecule has 0 radical (unpaired) electrons. The molecule has 0 saturated heterocycles. The highest BCUT2D eigenvalue weighted by Gasteiger charge is 2.06. The van der Waals surface area contributed by atoms with Crippen molar-refractivity contribution in [2.24, 2.45) is 4.99 Å². The Labute approximate surface area is 118 Å².